The Kier molecular flexibility index (Phi) is 10.2. The Morgan fingerprint density at radius 2 is 1.74 bits per heavy atom. The van der Waals surface area contributed by atoms with Gasteiger partial charge in [-0.2, -0.15) is 0 Å². The highest BCUT2D eigenvalue weighted by molar-refractivity contribution is 5.94. The zero-order valence-electron chi connectivity index (χ0n) is 19.2. The van der Waals surface area contributed by atoms with E-state index in [2.05, 4.69) is 26.8 Å². The maximum atomic E-state index is 10.9. The molecule has 4 rings (SSSR count). The van der Waals surface area contributed by atoms with Crippen molar-refractivity contribution in [3.05, 3.63) is 52.8 Å². The predicted octanol–water partition coefficient (Wildman–Crippen LogP) is 4.07. The number of hydrogen-bond donors (Lipinski definition) is 0. The van der Waals surface area contributed by atoms with Crippen LogP contribution in [-0.4, -0.2) is 78.2 Å². The first-order valence-electron chi connectivity index (χ1n) is 10.7. The molecule has 2 heterocycles. The van der Waals surface area contributed by atoms with Crippen molar-refractivity contribution in [3.63, 3.8) is 0 Å². The number of fused-ring (bicyclic) bond motifs is 1. The van der Waals surface area contributed by atoms with E-state index in [0.29, 0.717) is 23.8 Å². The number of non-ortho nitro benzene ring substituents is 1. The molecule has 1 fully saturated rings. The average molecular weight is 510 g/mol. The van der Waals surface area contributed by atoms with E-state index in [1.54, 1.807) is 19.2 Å². The molecule has 0 unspecified atom stereocenters. The van der Waals surface area contributed by atoms with Crippen LogP contribution in [0.15, 0.2) is 42.7 Å². The second kappa shape index (κ2) is 12.7. The summed E-state index contributed by atoms with van der Waals surface area (Å²) in [6.45, 7) is 6.01. The summed E-state index contributed by atoms with van der Waals surface area (Å²) in [5.41, 5.74) is 2.22. The van der Waals surface area contributed by atoms with Gasteiger partial charge in [0.15, 0.2) is 11.5 Å². The maximum Gasteiger partial charge on any atom is 0.269 e. The molecule has 3 aromatic rings. The zero-order chi connectivity index (χ0) is 22.5. The van der Waals surface area contributed by atoms with Crippen molar-refractivity contribution in [2.75, 3.05) is 53.5 Å². The van der Waals surface area contributed by atoms with E-state index in [1.165, 1.54) is 18.5 Å². The minimum atomic E-state index is -0.418. The van der Waals surface area contributed by atoms with Crippen LogP contribution in [0.4, 0.5) is 5.69 Å². The number of methoxy groups -OCH3 is 1. The Balaban J connectivity index is 0.00000204. The highest BCUT2D eigenvalue weighted by atomic mass is 35.5. The van der Waals surface area contributed by atoms with E-state index in [-0.39, 0.29) is 30.5 Å². The lowest BCUT2D eigenvalue weighted by Gasteiger charge is -2.32. The number of halogens is 2. The smallest absolute Gasteiger partial charge is 0.269 e. The highest BCUT2D eigenvalue weighted by Gasteiger charge is 2.15. The van der Waals surface area contributed by atoms with Gasteiger partial charge in [-0.05, 0) is 31.7 Å². The quantitative estimate of drug-likeness (QED) is 0.254. The molecule has 184 valence electrons. The van der Waals surface area contributed by atoms with Crippen molar-refractivity contribution in [1.82, 2.24) is 19.8 Å². The molecule has 2 aromatic carbocycles. The molecule has 0 radical (unpaired) electrons. The SMILES string of the molecule is COc1cc2c(-c3ccc([N+](=O)[O-])cc3)ncnc2cc1OCCCN1CCN(C)CC1.Cl.Cl. The topological polar surface area (TPSA) is 93.9 Å². The number of nitro benzene ring substituents is 1. The Bertz CT molecular complexity index is 1090. The van der Waals surface area contributed by atoms with Crippen LogP contribution in [-0.2, 0) is 0 Å². The molecule has 0 atom stereocenters. The Morgan fingerprint density at radius 1 is 1.03 bits per heavy atom. The van der Waals surface area contributed by atoms with E-state index in [9.17, 15) is 10.1 Å². The van der Waals surface area contributed by atoms with Gasteiger partial charge in [0, 0.05) is 61.9 Å². The number of hydrogen-bond acceptors (Lipinski definition) is 8. The third-order valence-corrected chi connectivity index (χ3v) is 5.74. The summed E-state index contributed by atoms with van der Waals surface area (Å²) in [5, 5.41) is 11.7. The van der Waals surface area contributed by atoms with Gasteiger partial charge in [-0.15, -0.1) is 24.8 Å². The second-order valence-corrected chi connectivity index (χ2v) is 7.89. The molecule has 0 bridgehead atoms. The molecule has 9 nitrogen and oxygen atoms in total. The first-order valence-corrected chi connectivity index (χ1v) is 10.7. The molecule has 11 heteroatoms. The van der Waals surface area contributed by atoms with Crippen molar-refractivity contribution in [1.29, 1.82) is 0 Å². The van der Waals surface area contributed by atoms with Crippen LogP contribution in [0.2, 0.25) is 0 Å². The molecule has 1 aliphatic heterocycles. The minimum Gasteiger partial charge on any atom is -0.493 e. The monoisotopic (exact) mass is 509 g/mol. The van der Waals surface area contributed by atoms with Crippen molar-refractivity contribution in [2.24, 2.45) is 0 Å². The van der Waals surface area contributed by atoms with E-state index in [1.807, 2.05) is 12.1 Å². The van der Waals surface area contributed by atoms with Gasteiger partial charge in [-0.25, -0.2) is 9.97 Å². The van der Waals surface area contributed by atoms with E-state index in [0.717, 1.165) is 55.6 Å². The molecule has 1 saturated heterocycles. The van der Waals surface area contributed by atoms with E-state index in [4.69, 9.17) is 9.47 Å². The summed E-state index contributed by atoms with van der Waals surface area (Å²) < 4.78 is 11.6. The van der Waals surface area contributed by atoms with Gasteiger partial charge in [-0.3, -0.25) is 10.1 Å². The Labute approximate surface area is 211 Å². The third kappa shape index (κ3) is 6.44. The summed E-state index contributed by atoms with van der Waals surface area (Å²) in [6, 6.07) is 10.0. The maximum absolute atomic E-state index is 10.9. The lowest BCUT2D eigenvalue weighted by Crippen LogP contribution is -2.44. The molecule has 34 heavy (non-hydrogen) atoms. The summed E-state index contributed by atoms with van der Waals surface area (Å²) >= 11 is 0. The van der Waals surface area contributed by atoms with Crippen molar-refractivity contribution >= 4 is 41.4 Å². The molecule has 1 aromatic heterocycles. The summed E-state index contributed by atoms with van der Waals surface area (Å²) in [7, 11) is 3.76. The van der Waals surface area contributed by atoms with Crippen molar-refractivity contribution < 1.29 is 14.4 Å². The number of nitrogens with zero attached hydrogens (tertiary/aromatic N) is 5. The number of benzene rings is 2. The van der Waals surface area contributed by atoms with Crippen LogP contribution in [0, 0.1) is 10.1 Å². The predicted molar refractivity (Wildman–Crippen MR) is 137 cm³/mol. The van der Waals surface area contributed by atoms with Crippen LogP contribution in [0.25, 0.3) is 22.2 Å². The number of nitro groups is 1. The van der Waals surface area contributed by atoms with Crippen LogP contribution in [0.5, 0.6) is 11.5 Å². The number of rotatable bonds is 8. The fourth-order valence-electron chi connectivity index (χ4n) is 3.85. The first kappa shape index (κ1) is 27.5. The van der Waals surface area contributed by atoms with Gasteiger partial charge in [0.05, 0.1) is 29.9 Å². The minimum absolute atomic E-state index is 0. The zero-order valence-corrected chi connectivity index (χ0v) is 20.8. The second-order valence-electron chi connectivity index (χ2n) is 7.89. The standard InChI is InChI=1S/C23H27N5O4.2ClH/c1-26-9-11-27(12-10-26)8-3-13-32-22-15-20-19(14-21(22)31-2)23(25-16-24-20)17-4-6-18(7-5-17)28(29)30;;/h4-7,14-16H,3,8-13H2,1-2H3;2*1H. The van der Waals surface area contributed by atoms with Gasteiger partial charge in [0.1, 0.15) is 6.33 Å². The Morgan fingerprint density at radius 3 is 2.38 bits per heavy atom. The van der Waals surface area contributed by atoms with Gasteiger partial charge in [0.2, 0.25) is 0 Å². The molecule has 0 amide bonds. The fraction of sp³-hybridized carbons (Fsp3) is 0.391. The first-order chi connectivity index (χ1) is 15.5. The molecule has 0 saturated carbocycles. The van der Waals surface area contributed by atoms with Crippen LogP contribution in [0.3, 0.4) is 0 Å². The largest absolute Gasteiger partial charge is 0.493 e. The van der Waals surface area contributed by atoms with Crippen molar-refractivity contribution in [3.8, 4) is 22.8 Å². The molecule has 0 aliphatic carbocycles. The highest BCUT2D eigenvalue weighted by Crippen LogP contribution is 2.35. The lowest BCUT2D eigenvalue weighted by atomic mass is 10.1. The van der Waals surface area contributed by atoms with Crippen LogP contribution >= 0.6 is 24.8 Å². The van der Waals surface area contributed by atoms with E-state index < -0.39 is 4.92 Å². The fourth-order valence-corrected chi connectivity index (χ4v) is 3.85. The van der Waals surface area contributed by atoms with Gasteiger partial charge < -0.3 is 19.3 Å². The van der Waals surface area contributed by atoms with Gasteiger partial charge >= 0.3 is 0 Å². The van der Waals surface area contributed by atoms with Gasteiger partial charge in [0.25, 0.3) is 5.69 Å². The summed E-state index contributed by atoms with van der Waals surface area (Å²) in [6.07, 6.45) is 2.42. The number of ether oxygens (including phenoxy) is 2. The molecule has 0 spiro atoms. The van der Waals surface area contributed by atoms with Crippen LogP contribution in [0.1, 0.15) is 6.42 Å². The summed E-state index contributed by atoms with van der Waals surface area (Å²) in [4.78, 5) is 24.1. The Hall–Kier alpha value is -2.72. The molecular weight excluding hydrogens is 481 g/mol. The average Bonchev–Trinajstić information content (AvgIpc) is 2.82. The normalized spacial score (nSPS) is 14.2. The summed E-state index contributed by atoms with van der Waals surface area (Å²) in [5.74, 6) is 1.25. The number of piperazine rings is 1. The lowest BCUT2D eigenvalue weighted by molar-refractivity contribution is -0.384. The molecule has 0 N–H and O–H groups in total. The number of aromatic nitrogens is 2. The number of likely N-dealkylation sites (N-methyl/N-ethyl adjacent to an activating group) is 1. The molecule has 1 aliphatic rings. The van der Waals surface area contributed by atoms with Crippen LogP contribution < -0.4 is 9.47 Å². The van der Waals surface area contributed by atoms with Gasteiger partial charge in [-0.1, -0.05) is 0 Å². The third-order valence-electron chi connectivity index (χ3n) is 5.74. The van der Waals surface area contributed by atoms with E-state index >= 15 is 0 Å². The van der Waals surface area contributed by atoms with Crippen molar-refractivity contribution in [2.45, 2.75) is 6.42 Å². The molecular formula is C23H29Cl2N5O4.